The molecule has 0 saturated carbocycles. The normalized spacial score (nSPS) is 18.8. The van der Waals surface area contributed by atoms with Crippen molar-refractivity contribution < 1.29 is 0 Å². The first-order chi connectivity index (χ1) is 11.0. The van der Waals surface area contributed by atoms with Crippen LogP contribution in [0.2, 0.25) is 19.6 Å². The summed E-state index contributed by atoms with van der Waals surface area (Å²) in [5.41, 5.74) is 5.74. The molecule has 2 aromatic rings. The predicted octanol–water partition coefficient (Wildman–Crippen LogP) is 6.45. The number of benzene rings is 2. The summed E-state index contributed by atoms with van der Waals surface area (Å²) in [6.45, 7) is 9.67. The van der Waals surface area contributed by atoms with Gasteiger partial charge < -0.3 is 0 Å². The minimum Gasteiger partial charge on any atom is -0.0798 e. The lowest BCUT2D eigenvalue weighted by Gasteiger charge is -2.33. The molecule has 1 atom stereocenters. The lowest BCUT2D eigenvalue weighted by Crippen LogP contribution is -2.27. The van der Waals surface area contributed by atoms with Crippen LogP contribution in [0, 0.1) is 0 Å². The van der Waals surface area contributed by atoms with E-state index in [0.29, 0.717) is 5.92 Å². The second-order valence-corrected chi connectivity index (χ2v) is 12.7. The molecule has 118 valence electrons. The van der Waals surface area contributed by atoms with E-state index in [0.717, 1.165) is 0 Å². The van der Waals surface area contributed by atoms with Gasteiger partial charge in [-0.2, -0.15) is 0 Å². The van der Waals surface area contributed by atoms with Crippen molar-refractivity contribution in [3.05, 3.63) is 88.6 Å². The fraction of sp³-hybridized carbons (Fsp3) is 0.273. The summed E-state index contributed by atoms with van der Waals surface area (Å²) < 4.78 is 0. The molecule has 1 unspecified atom stereocenters. The molecule has 23 heavy (non-hydrogen) atoms. The lowest BCUT2D eigenvalue weighted by atomic mass is 9.79. The Bertz CT molecular complexity index is 731. The third-order valence-electron chi connectivity index (χ3n) is 4.84. The third-order valence-corrected chi connectivity index (χ3v) is 7.11. The van der Waals surface area contributed by atoms with Crippen LogP contribution in [0.15, 0.2) is 77.5 Å². The van der Waals surface area contributed by atoms with Crippen LogP contribution >= 0.6 is 0 Å². The maximum atomic E-state index is 2.48. The molecule has 1 aliphatic carbocycles. The standard InChI is InChI=1S/C22H26Si/c1-17-15-20(23(2,3)4)16-21(18-11-7-5-8-12-18)22(17)19-13-9-6-10-14-19/h5-15,21H,16H2,1-4H3. The quantitative estimate of drug-likeness (QED) is 0.570. The first-order valence-corrected chi connectivity index (χ1v) is 12.0. The smallest absolute Gasteiger partial charge is 0.0724 e. The summed E-state index contributed by atoms with van der Waals surface area (Å²) in [6, 6.07) is 21.9. The van der Waals surface area contributed by atoms with Gasteiger partial charge in [-0.05, 0) is 35.6 Å². The van der Waals surface area contributed by atoms with E-state index in [2.05, 4.69) is 93.3 Å². The van der Waals surface area contributed by atoms with Crippen molar-refractivity contribution in [2.45, 2.75) is 38.9 Å². The zero-order valence-corrected chi connectivity index (χ0v) is 15.6. The number of hydrogen-bond donors (Lipinski definition) is 0. The van der Waals surface area contributed by atoms with E-state index < -0.39 is 8.07 Å². The third kappa shape index (κ3) is 3.40. The van der Waals surface area contributed by atoms with Gasteiger partial charge >= 0.3 is 0 Å². The van der Waals surface area contributed by atoms with Crippen molar-refractivity contribution in [3.8, 4) is 0 Å². The monoisotopic (exact) mass is 318 g/mol. The van der Waals surface area contributed by atoms with E-state index in [9.17, 15) is 0 Å². The first-order valence-electron chi connectivity index (χ1n) is 8.49. The van der Waals surface area contributed by atoms with Crippen LogP contribution in [0.5, 0.6) is 0 Å². The lowest BCUT2D eigenvalue weighted by molar-refractivity contribution is 0.846. The van der Waals surface area contributed by atoms with E-state index in [4.69, 9.17) is 0 Å². The Hall–Kier alpha value is -1.86. The van der Waals surface area contributed by atoms with Crippen molar-refractivity contribution in [1.29, 1.82) is 0 Å². The highest BCUT2D eigenvalue weighted by molar-refractivity contribution is 6.83. The predicted molar refractivity (Wildman–Crippen MR) is 104 cm³/mol. The van der Waals surface area contributed by atoms with Gasteiger partial charge in [-0.3, -0.25) is 0 Å². The molecule has 1 heteroatoms. The summed E-state index contributed by atoms with van der Waals surface area (Å²) in [5, 5.41) is 1.68. The Morgan fingerprint density at radius 2 is 1.39 bits per heavy atom. The van der Waals surface area contributed by atoms with Crippen LogP contribution in [-0.2, 0) is 0 Å². The molecule has 1 aliphatic rings. The average molecular weight is 319 g/mol. The van der Waals surface area contributed by atoms with E-state index >= 15 is 0 Å². The van der Waals surface area contributed by atoms with Crippen molar-refractivity contribution in [1.82, 2.24) is 0 Å². The maximum Gasteiger partial charge on any atom is 0.0724 e. The molecule has 2 aromatic carbocycles. The summed E-state index contributed by atoms with van der Waals surface area (Å²) in [4.78, 5) is 0. The Morgan fingerprint density at radius 3 is 1.96 bits per heavy atom. The summed E-state index contributed by atoms with van der Waals surface area (Å²) in [7, 11) is -1.28. The molecular weight excluding hydrogens is 292 g/mol. The van der Waals surface area contributed by atoms with E-state index in [1.807, 2.05) is 0 Å². The van der Waals surface area contributed by atoms with Gasteiger partial charge in [0.25, 0.3) is 0 Å². The number of rotatable bonds is 3. The van der Waals surface area contributed by atoms with Gasteiger partial charge in [-0.1, -0.05) is 91.6 Å². The molecule has 0 fully saturated rings. The van der Waals surface area contributed by atoms with Crippen LogP contribution in [0.3, 0.4) is 0 Å². The molecule has 0 aromatic heterocycles. The molecule has 0 nitrogen and oxygen atoms in total. The van der Waals surface area contributed by atoms with Crippen molar-refractivity contribution in [2.75, 3.05) is 0 Å². The largest absolute Gasteiger partial charge is 0.0798 e. The molecule has 0 spiro atoms. The molecule has 3 rings (SSSR count). The second-order valence-electron chi connectivity index (χ2n) is 7.55. The van der Waals surface area contributed by atoms with Gasteiger partial charge in [0, 0.05) is 5.92 Å². The Kier molecular flexibility index (Phi) is 4.41. The van der Waals surface area contributed by atoms with Crippen molar-refractivity contribution in [2.24, 2.45) is 0 Å². The Balaban J connectivity index is 2.15. The van der Waals surface area contributed by atoms with Gasteiger partial charge in [-0.15, -0.1) is 0 Å². The van der Waals surface area contributed by atoms with Gasteiger partial charge in [0.15, 0.2) is 0 Å². The Labute approximate surface area is 141 Å². The number of allylic oxidation sites excluding steroid dienone is 4. The molecule has 0 saturated heterocycles. The number of hydrogen-bond acceptors (Lipinski definition) is 0. The van der Waals surface area contributed by atoms with Crippen LogP contribution in [0.1, 0.15) is 30.4 Å². The highest BCUT2D eigenvalue weighted by Gasteiger charge is 2.30. The molecule has 0 aliphatic heterocycles. The average Bonchev–Trinajstić information content (AvgIpc) is 2.55. The summed E-state index contributed by atoms with van der Waals surface area (Å²) >= 11 is 0. The van der Waals surface area contributed by atoms with E-state index in [-0.39, 0.29) is 0 Å². The van der Waals surface area contributed by atoms with Crippen LogP contribution in [-0.4, -0.2) is 8.07 Å². The Morgan fingerprint density at radius 1 is 0.826 bits per heavy atom. The van der Waals surface area contributed by atoms with Crippen LogP contribution in [0.4, 0.5) is 0 Å². The first kappa shape index (κ1) is 16.0. The zero-order chi connectivity index (χ0) is 16.4. The van der Waals surface area contributed by atoms with E-state index in [1.54, 1.807) is 5.20 Å². The van der Waals surface area contributed by atoms with E-state index in [1.165, 1.54) is 28.7 Å². The molecule has 0 bridgehead atoms. The van der Waals surface area contributed by atoms with Crippen LogP contribution < -0.4 is 0 Å². The molecule has 0 heterocycles. The SMILES string of the molecule is CC1=C(c2ccccc2)C(c2ccccc2)CC([Si](C)(C)C)=C1. The molecule has 0 N–H and O–H groups in total. The maximum absolute atomic E-state index is 2.48. The van der Waals surface area contributed by atoms with Gasteiger partial charge in [-0.25, -0.2) is 0 Å². The highest BCUT2D eigenvalue weighted by Crippen LogP contribution is 2.44. The zero-order valence-electron chi connectivity index (χ0n) is 14.6. The van der Waals surface area contributed by atoms with Gasteiger partial charge in [0.2, 0.25) is 0 Å². The fourth-order valence-electron chi connectivity index (χ4n) is 3.53. The molecule has 0 radical (unpaired) electrons. The summed E-state index contributed by atoms with van der Waals surface area (Å²) in [6.07, 6.45) is 3.65. The second kappa shape index (κ2) is 6.33. The van der Waals surface area contributed by atoms with Gasteiger partial charge in [0.05, 0.1) is 8.07 Å². The summed E-state index contributed by atoms with van der Waals surface area (Å²) in [5.74, 6) is 0.477. The fourth-order valence-corrected chi connectivity index (χ4v) is 5.00. The minimum atomic E-state index is -1.28. The minimum absolute atomic E-state index is 0.477. The van der Waals surface area contributed by atoms with Crippen molar-refractivity contribution in [3.63, 3.8) is 0 Å². The van der Waals surface area contributed by atoms with Crippen molar-refractivity contribution >= 4 is 13.6 Å². The topological polar surface area (TPSA) is 0 Å². The van der Waals surface area contributed by atoms with Crippen LogP contribution in [0.25, 0.3) is 5.57 Å². The molecule has 0 amide bonds. The van der Waals surface area contributed by atoms with Gasteiger partial charge in [0.1, 0.15) is 0 Å². The highest BCUT2D eigenvalue weighted by atomic mass is 28.3. The molecular formula is C22H26Si.